The quantitative estimate of drug-likeness (QED) is 0.792. The Morgan fingerprint density at radius 1 is 1.20 bits per heavy atom. The van der Waals surface area contributed by atoms with Crippen LogP contribution in [0.1, 0.15) is 30.9 Å². The Bertz CT molecular complexity index is 569. The number of nitrogens with zero attached hydrogens (tertiary/aromatic N) is 1. The molecule has 0 radical (unpaired) electrons. The second-order valence-corrected chi connectivity index (χ2v) is 4.80. The summed E-state index contributed by atoms with van der Waals surface area (Å²) in [4.78, 5) is 3.98. The molecule has 0 unspecified atom stereocenters. The van der Waals surface area contributed by atoms with Crippen molar-refractivity contribution in [1.82, 2.24) is 4.98 Å². The van der Waals surface area contributed by atoms with E-state index in [0.29, 0.717) is 11.5 Å². The molecule has 4 N–H and O–H groups in total. The Balaban J connectivity index is 2.09. The summed E-state index contributed by atoms with van der Waals surface area (Å²) in [5, 5.41) is 0. The van der Waals surface area contributed by atoms with Gasteiger partial charge in [-0.15, -0.1) is 0 Å². The van der Waals surface area contributed by atoms with Gasteiger partial charge in [-0.3, -0.25) is 0 Å². The highest BCUT2D eigenvalue weighted by Gasteiger charge is 2.05. The summed E-state index contributed by atoms with van der Waals surface area (Å²) in [6, 6.07) is 9.98. The Kier molecular flexibility index (Phi) is 4.82. The molecule has 1 aromatic heterocycles. The first-order valence-electron chi connectivity index (χ1n) is 6.91. The van der Waals surface area contributed by atoms with Crippen molar-refractivity contribution in [2.24, 2.45) is 0 Å². The predicted molar refractivity (Wildman–Crippen MR) is 82.7 cm³/mol. The zero-order valence-electron chi connectivity index (χ0n) is 11.8. The standard InChI is InChI=1S/C16H21N3O/c1-2-3-9-20-14-6-4-5-12(11-14)10-13-7-8-19-16(18)15(13)17/h4-8,11H,2-3,9-10,17H2,1H3,(H2,18,19). The highest BCUT2D eigenvalue weighted by atomic mass is 16.5. The van der Waals surface area contributed by atoms with Gasteiger partial charge < -0.3 is 16.2 Å². The summed E-state index contributed by atoms with van der Waals surface area (Å²) < 4.78 is 5.71. The van der Waals surface area contributed by atoms with Gasteiger partial charge in [0.2, 0.25) is 0 Å². The van der Waals surface area contributed by atoms with Gasteiger partial charge in [-0.1, -0.05) is 25.5 Å². The molecule has 0 spiro atoms. The summed E-state index contributed by atoms with van der Waals surface area (Å²) in [6.45, 7) is 2.90. The number of rotatable bonds is 6. The van der Waals surface area contributed by atoms with Crippen LogP contribution >= 0.6 is 0 Å². The summed E-state index contributed by atoms with van der Waals surface area (Å²) in [7, 11) is 0. The molecule has 0 fully saturated rings. The van der Waals surface area contributed by atoms with Crippen LogP contribution in [-0.4, -0.2) is 11.6 Å². The topological polar surface area (TPSA) is 74.2 Å². The van der Waals surface area contributed by atoms with Gasteiger partial charge in [-0.05, 0) is 42.2 Å². The molecule has 0 amide bonds. The SMILES string of the molecule is CCCCOc1cccc(Cc2ccnc(N)c2N)c1. The first-order valence-corrected chi connectivity index (χ1v) is 6.91. The fraction of sp³-hybridized carbons (Fsp3) is 0.312. The summed E-state index contributed by atoms with van der Waals surface area (Å²) in [6.07, 6.45) is 4.61. The molecule has 2 aromatic rings. The van der Waals surface area contributed by atoms with Crippen molar-refractivity contribution >= 4 is 11.5 Å². The van der Waals surface area contributed by atoms with E-state index in [9.17, 15) is 0 Å². The number of hydrogen-bond acceptors (Lipinski definition) is 4. The van der Waals surface area contributed by atoms with Crippen molar-refractivity contribution in [3.8, 4) is 5.75 Å². The van der Waals surface area contributed by atoms with Crippen LogP contribution in [0.2, 0.25) is 0 Å². The molecule has 0 aliphatic rings. The Morgan fingerprint density at radius 3 is 2.85 bits per heavy atom. The van der Waals surface area contributed by atoms with Crippen LogP contribution in [0.25, 0.3) is 0 Å². The van der Waals surface area contributed by atoms with Gasteiger partial charge in [0.1, 0.15) is 11.6 Å². The second-order valence-electron chi connectivity index (χ2n) is 4.80. The monoisotopic (exact) mass is 271 g/mol. The van der Waals surface area contributed by atoms with E-state index in [1.165, 1.54) is 0 Å². The molecule has 4 heteroatoms. The minimum atomic E-state index is 0.387. The van der Waals surface area contributed by atoms with Crippen LogP contribution < -0.4 is 16.2 Å². The Morgan fingerprint density at radius 2 is 2.05 bits per heavy atom. The van der Waals surface area contributed by atoms with Gasteiger partial charge in [0.15, 0.2) is 0 Å². The Labute approximate surface area is 119 Å². The highest BCUT2D eigenvalue weighted by Crippen LogP contribution is 2.22. The lowest BCUT2D eigenvalue weighted by Gasteiger charge is -2.09. The lowest BCUT2D eigenvalue weighted by atomic mass is 10.0. The molecule has 0 bridgehead atoms. The molecule has 0 atom stereocenters. The third-order valence-corrected chi connectivity index (χ3v) is 3.17. The van der Waals surface area contributed by atoms with Gasteiger partial charge in [0, 0.05) is 6.20 Å². The zero-order chi connectivity index (χ0) is 14.4. The van der Waals surface area contributed by atoms with Crippen molar-refractivity contribution in [3.05, 3.63) is 47.7 Å². The van der Waals surface area contributed by atoms with Crippen LogP contribution in [0.4, 0.5) is 11.5 Å². The molecule has 0 aliphatic heterocycles. The molecule has 0 saturated carbocycles. The largest absolute Gasteiger partial charge is 0.494 e. The maximum absolute atomic E-state index is 5.95. The molecule has 20 heavy (non-hydrogen) atoms. The van der Waals surface area contributed by atoms with Crippen molar-refractivity contribution < 1.29 is 4.74 Å². The fourth-order valence-corrected chi connectivity index (χ4v) is 1.99. The zero-order valence-corrected chi connectivity index (χ0v) is 11.8. The van der Waals surface area contributed by atoms with Gasteiger partial charge in [0.25, 0.3) is 0 Å². The molecule has 0 saturated heterocycles. The van der Waals surface area contributed by atoms with E-state index < -0.39 is 0 Å². The predicted octanol–water partition coefficient (Wildman–Crippen LogP) is 3.02. The maximum atomic E-state index is 5.95. The summed E-state index contributed by atoms with van der Waals surface area (Å²) in [5.74, 6) is 1.29. The molecule has 1 heterocycles. The normalized spacial score (nSPS) is 10.4. The average Bonchev–Trinajstić information content (AvgIpc) is 2.45. The van der Waals surface area contributed by atoms with Crippen LogP contribution in [0.5, 0.6) is 5.75 Å². The van der Waals surface area contributed by atoms with Crippen LogP contribution in [0.3, 0.4) is 0 Å². The number of aromatic nitrogens is 1. The first-order chi connectivity index (χ1) is 9.70. The summed E-state index contributed by atoms with van der Waals surface area (Å²) in [5.41, 5.74) is 14.4. The molecule has 2 rings (SSSR count). The number of benzene rings is 1. The smallest absolute Gasteiger partial charge is 0.146 e. The summed E-state index contributed by atoms with van der Waals surface area (Å²) >= 11 is 0. The average molecular weight is 271 g/mol. The van der Waals surface area contributed by atoms with Crippen molar-refractivity contribution in [1.29, 1.82) is 0 Å². The van der Waals surface area contributed by atoms with Gasteiger partial charge in [-0.2, -0.15) is 0 Å². The number of pyridine rings is 1. The third kappa shape index (κ3) is 3.63. The number of unbranched alkanes of at least 4 members (excludes halogenated alkanes) is 1. The van der Waals surface area contributed by atoms with E-state index in [1.54, 1.807) is 6.20 Å². The molecule has 0 aliphatic carbocycles. The minimum Gasteiger partial charge on any atom is -0.494 e. The van der Waals surface area contributed by atoms with Crippen LogP contribution in [-0.2, 0) is 6.42 Å². The van der Waals surface area contributed by atoms with E-state index in [2.05, 4.69) is 18.0 Å². The maximum Gasteiger partial charge on any atom is 0.146 e. The molecule has 106 valence electrons. The lowest BCUT2D eigenvalue weighted by molar-refractivity contribution is 0.309. The van der Waals surface area contributed by atoms with Crippen molar-refractivity contribution in [2.75, 3.05) is 18.1 Å². The van der Waals surface area contributed by atoms with E-state index >= 15 is 0 Å². The third-order valence-electron chi connectivity index (χ3n) is 3.17. The number of nitrogens with two attached hydrogens (primary N) is 2. The molecule has 1 aromatic carbocycles. The molecular formula is C16H21N3O. The van der Waals surface area contributed by atoms with Crippen molar-refractivity contribution in [2.45, 2.75) is 26.2 Å². The number of hydrogen-bond donors (Lipinski definition) is 2. The number of ether oxygens (including phenoxy) is 1. The van der Waals surface area contributed by atoms with E-state index in [4.69, 9.17) is 16.2 Å². The van der Waals surface area contributed by atoms with Crippen LogP contribution in [0.15, 0.2) is 36.5 Å². The van der Waals surface area contributed by atoms with Crippen molar-refractivity contribution in [3.63, 3.8) is 0 Å². The fourth-order valence-electron chi connectivity index (χ4n) is 1.99. The number of anilines is 2. The van der Waals surface area contributed by atoms with Gasteiger partial charge >= 0.3 is 0 Å². The molecular weight excluding hydrogens is 250 g/mol. The van der Waals surface area contributed by atoms with Crippen LogP contribution in [0, 0.1) is 0 Å². The first kappa shape index (κ1) is 14.2. The lowest BCUT2D eigenvalue weighted by Crippen LogP contribution is -2.03. The van der Waals surface area contributed by atoms with E-state index in [1.807, 2.05) is 24.3 Å². The second kappa shape index (κ2) is 6.80. The van der Waals surface area contributed by atoms with E-state index in [0.717, 1.165) is 42.7 Å². The van der Waals surface area contributed by atoms with E-state index in [-0.39, 0.29) is 0 Å². The Hall–Kier alpha value is -2.23. The number of nitrogen functional groups attached to an aromatic ring is 2. The van der Waals surface area contributed by atoms with Gasteiger partial charge in [0.05, 0.1) is 12.3 Å². The van der Waals surface area contributed by atoms with Gasteiger partial charge in [-0.25, -0.2) is 4.98 Å². The molecule has 4 nitrogen and oxygen atoms in total. The minimum absolute atomic E-state index is 0.387. The highest BCUT2D eigenvalue weighted by molar-refractivity contribution is 5.63.